The van der Waals surface area contributed by atoms with Gasteiger partial charge in [-0.05, 0) is 60.0 Å². The molecule has 4 aromatic rings. The van der Waals surface area contributed by atoms with Gasteiger partial charge in [0, 0.05) is 67.1 Å². The van der Waals surface area contributed by atoms with Gasteiger partial charge < -0.3 is 19.7 Å². The van der Waals surface area contributed by atoms with Crippen molar-refractivity contribution in [3.05, 3.63) is 110 Å². The number of nitrogens with zero attached hydrogens (tertiary/aromatic N) is 2. The van der Waals surface area contributed by atoms with Gasteiger partial charge in [-0.15, -0.1) is 0 Å². The molecule has 0 aliphatic carbocycles. The van der Waals surface area contributed by atoms with Crippen molar-refractivity contribution in [2.24, 2.45) is 0 Å². The molecule has 210 valence electrons. The van der Waals surface area contributed by atoms with Crippen LogP contribution in [0.3, 0.4) is 0 Å². The zero-order valence-corrected chi connectivity index (χ0v) is 23.5. The van der Waals surface area contributed by atoms with Crippen molar-refractivity contribution in [2.75, 3.05) is 32.9 Å². The van der Waals surface area contributed by atoms with E-state index in [4.69, 9.17) is 21.4 Å². The van der Waals surface area contributed by atoms with Crippen molar-refractivity contribution in [2.45, 2.75) is 25.9 Å². The number of aliphatic hydroxyl groups excluding tert-OH is 1. The van der Waals surface area contributed by atoms with Gasteiger partial charge in [0.1, 0.15) is 5.56 Å². The maximum absolute atomic E-state index is 13.8. The Morgan fingerprint density at radius 3 is 2.59 bits per heavy atom. The number of carbonyl (C=O) groups is 1. The highest BCUT2D eigenvalue weighted by molar-refractivity contribution is 6.30. The number of unbranched alkanes of at least 4 members (excludes halogenated alkanes) is 1. The average Bonchev–Trinajstić information content (AvgIpc) is 3.00. The minimum absolute atomic E-state index is 0.0643. The number of amides is 1. The summed E-state index contributed by atoms with van der Waals surface area (Å²) in [4.78, 5) is 29.4. The molecule has 1 aliphatic rings. The Kier molecular flexibility index (Phi) is 9.50. The third kappa shape index (κ3) is 7.24. The lowest BCUT2D eigenvalue weighted by atomic mass is 10.1. The highest BCUT2D eigenvalue weighted by Gasteiger charge is 2.18. The fourth-order valence-corrected chi connectivity index (χ4v) is 4.94. The molecule has 0 atom stereocenters. The summed E-state index contributed by atoms with van der Waals surface area (Å²) in [6, 6.07) is 20.8. The molecule has 2 N–H and O–H groups in total. The van der Waals surface area contributed by atoms with Crippen molar-refractivity contribution >= 4 is 28.4 Å². The minimum Gasteiger partial charge on any atom is -0.396 e. The van der Waals surface area contributed by atoms with Gasteiger partial charge >= 0.3 is 0 Å². The smallest absolute Gasteiger partial charge is 0.257 e. The summed E-state index contributed by atoms with van der Waals surface area (Å²) in [6.45, 7) is 4.13. The monoisotopic (exact) mass is 569 g/mol. The highest BCUT2D eigenvalue weighted by atomic mass is 35.5. The van der Waals surface area contributed by atoms with Crippen LogP contribution >= 0.6 is 11.6 Å². The summed E-state index contributed by atoms with van der Waals surface area (Å²) in [5, 5.41) is 13.0. The third-order valence-electron chi connectivity index (χ3n) is 7.01. The molecule has 41 heavy (non-hydrogen) atoms. The SMILES string of the molecule is O=C(NCc1ccc(Cl)cc1)c1cn(-c2cccc(C#CCCCO)c2)c2ccc(CN3CCOCC3)cc2c1=O. The van der Waals surface area contributed by atoms with Crippen molar-refractivity contribution < 1.29 is 14.6 Å². The number of aromatic nitrogens is 1. The maximum Gasteiger partial charge on any atom is 0.257 e. The molecule has 0 spiro atoms. The normalized spacial score (nSPS) is 13.5. The number of hydrogen-bond donors (Lipinski definition) is 2. The van der Waals surface area contributed by atoms with Crippen LogP contribution in [0.5, 0.6) is 0 Å². The summed E-state index contributed by atoms with van der Waals surface area (Å²) in [5.74, 6) is 5.78. The van der Waals surface area contributed by atoms with Crippen LogP contribution in [0.15, 0.2) is 77.7 Å². The van der Waals surface area contributed by atoms with Crippen molar-refractivity contribution in [1.82, 2.24) is 14.8 Å². The van der Waals surface area contributed by atoms with Gasteiger partial charge in [-0.1, -0.05) is 47.7 Å². The lowest BCUT2D eigenvalue weighted by Gasteiger charge is -2.26. The number of morpholine rings is 1. The van der Waals surface area contributed by atoms with Crippen LogP contribution in [0.2, 0.25) is 5.02 Å². The van der Waals surface area contributed by atoms with Crippen LogP contribution < -0.4 is 10.7 Å². The fourth-order valence-electron chi connectivity index (χ4n) is 4.81. The number of benzene rings is 3. The highest BCUT2D eigenvalue weighted by Crippen LogP contribution is 2.21. The van der Waals surface area contributed by atoms with Crippen LogP contribution in [-0.2, 0) is 17.8 Å². The Bertz CT molecular complexity index is 1650. The van der Waals surface area contributed by atoms with E-state index in [0.717, 1.165) is 35.5 Å². The molecular weight excluding hydrogens is 538 g/mol. The van der Waals surface area contributed by atoms with Crippen LogP contribution in [0, 0.1) is 11.8 Å². The predicted octanol–water partition coefficient (Wildman–Crippen LogP) is 4.53. The van der Waals surface area contributed by atoms with E-state index in [-0.39, 0.29) is 24.1 Å². The van der Waals surface area contributed by atoms with E-state index in [9.17, 15) is 9.59 Å². The van der Waals surface area contributed by atoms with E-state index >= 15 is 0 Å². The Labute approximate surface area is 244 Å². The molecule has 0 saturated carbocycles. The first-order chi connectivity index (χ1) is 20.0. The molecule has 2 heterocycles. The molecule has 0 unspecified atom stereocenters. The second-order valence-corrected chi connectivity index (χ2v) is 10.4. The second-order valence-electron chi connectivity index (χ2n) is 9.97. The Morgan fingerprint density at radius 1 is 1.02 bits per heavy atom. The number of halogens is 1. The van der Waals surface area contributed by atoms with Crippen LogP contribution in [0.1, 0.15) is 39.9 Å². The molecule has 0 bridgehead atoms. The summed E-state index contributed by atoms with van der Waals surface area (Å²) in [7, 11) is 0. The summed E-state index contributed by atoms with van der Waals surface area (Å²) < 4.78 is 7.35. The number of ether oxygens (including phenoxy) is 1. The van der Waals surface area contributed by atoms with Gasteiger partial charge in [0.2, 0.25) is 5.43 Å². The van der Waals surface area contributed by atoms with Gasteiger partial charge in [0.15, 0.2) is 0 Å². The molecule has 1 aliphatic heterocycles. The van der Waals surface area contributed by atoms with Crippen LogP contribution in [0.25, 0.3) is 16.6 Å². The Morgan fingerprint density at radius 2 is 1.80 bits per heavy atom. The number of fused-ring (bicyclic) bond motifs is 1. The van der Waals surface area contributed by atoms with Gasteiger partial charge in [0.25, 0.3) is 5.91 Å². The standard InChI is InChI=1S/C33H32ClN3O4/c34-27-11-8-25(9-12-27)21-35-33(40)30-23-37(28-7-4-6-24(19-28)5-2-1-3-16-38)31-13-10-26(20-29(31)32(30)39)22-36-14-17-41-18-15-36/h4,6-13,19-20,23,38H,1,3,14-18,21-22H2,(H,35,40). The zero-order chi connectivity index (χ0) is 28.6. The minimum atomic E-state index is -0.445. The molecule has 1 fully saturated rings. The molecule has 7 nitrogen and oxygen atoms in total. The number of carbonyl (C=O) groups excluding carboxylic acids is 1. The third-order valence-corrected chi connectivity index (χ3v) is 7.26. The molecule has 1 saturated heterocycles. The second kappa shape index (κ2) is 13.6. The number of pyridine rings is 1. The van der Waals surface area contributed by atoms with Crippen LogP contribution in [0.4, 0.5) is 0 Å². The number of aliphatic hydroxyl groups is 1. The Hall–Kier alpha value is -3.93. The van der Waals surface area contributed by atoms with E-state index in [0.29, 0.717) is 48.5 Å². The number of rotatable bonds is 8. The lowest BCUT2D eigenvalue weighted by Crippen LogP contribution is -2.35. The van der Waals surface area contributed by atoms with E-state index in [1.807, 2.05) is 59.2 Å². The first-order valence-electron chi connectivity index (χ1n) is 13.7. The molecule has 1 aromatic heterocycles. The number of nitrogens with one attached hydrogen (secondary N) is 1. The molecule has 3 aromatic carbocycles. The topological polar surface area (TPSA) is 83.8 Å². The molecule has 8 heteroatoms. The predicted molar refractivity (Wildman–Crippen MR) is 161 cm³/mol. The molecule has 1 amide bonds. The first kappa shape index (κ1) is 28.6. The van der Waals surface area contributed by atoms with E-state index in [2.05, 4.69) is 22.1 Å². The molecule has 0 radical (unpaired) electrons. The lowest BCUT2D eigenvalue weighted by molar-refractivity contribution is 0.0342. The quantitative estimate of drug-likeness (QED) is 0.241. The fraction of sp³-hybridized carbons (Fsp3) is 0.273. The van der Waals surface area contributed by atoms with Crippen molar-refractivity contribution in [1.29, 1.82) is 0 Å². The summed E-state index contributed by atoms with van der Waals surface area (Å²) >= 11 is 5.99. The zero-order valence-electron chi connectivity index (χ0n) is 22.7. The first-order valence-corrected chi connectivity index (χ1v) is 14.1. The Balaban J connectivity index is 1.54. The van der Waals surface area contributed by atoms with Gasteiger partial charge in [0.05, 0.1) is 18.7 Å². The molecule has 5 rings (SSSR count). The largest absolute Gasteiger partial charge is 0.396 e. The summed E-state index contributed by atoms with van der Waals surface area (Å²) in [6.07, 6.45) is 2.84. The van der Waals surface area contributed by atoms with E-state index in [1.165, 1.54) is 0 Å². The van der Waals surface area contributed by atoms with E-state index in [1.54, 1.807) is 18.3 Å². The maximum atomic E-state index is 13.8. The van der Waals surface area contributed by atoms with Crippen molar-refractivity contribution in [3.63, 3.8) is 0 Å². The van der Waals surface area contributed by atoms with Crippen molar-refractivity contribution in [3.8, 4) is 17.5 Å². The van der Waals surface area contributed by atoms with Gasteiger partial charge in [-0.25, -0.2) is 0 Å². The van der Waals surface area contributed by atoms with Gasteiger partial charge in [-0.3, -0.25) is 14.5 Å². The average molecular weight is 570 g/mol. The van der Waals surface area contributed by atoms with Crippen LogP contribution in [-0.4, -0.2) is 53.4 Å². The van der Waals surface area contributed by atoms with Gasteiger partial charge in [-0.2, -0.15) is 0 Å². The molecular formula is C33H32ClN3O4. The van der Waals surface area contributed by atoms with E-state index < -0.39 is 5.91 Å². The summed E-state index contributed by atoms with van der Waals surface area (Å²) in [5.41, 5.74) is 3.94. The number of hydrogen-bond acceptors (Lipinski definition) is 5.